The van der Waals surface area contributed by atoms with Gasteiger partial charge in [-0.2, -0.15) is 0 Å². The number of amidine groups is 1. The average Bonchev–Trinajstić information content (AvgIpc) is 3.25. The number of aromatic amines is 1. The lowest BCUT2D eigenvalue weighted by Gasteiger charge is -2.20. The summed E-state index contributed by atoms with van der Waals surface area (Å²) in [5.74, 6) is -0.280. The third-order valence-corrected chi connectivity index (χ3v) is 4.96. The number of nitrogens with zero attached hydrogens (tertiary/aromatic N) is 4. The predicted octanol–water partition coefficient (Wildman–Crippen LogP) is 1.99. The maximum Gasteiger partial charge on any atom is 0.350 e. The minimum Gasteiger partial charge on any atom is -0.497 e. The lowest BCUT2D eigenvalue weighted by atomic mass is 10.0. The number of H-pyrrole nitrogens is 1. The second kappa shape index (κ2) is 9.40. The Bertz CT molecular complexity index is 1370. The zero-order valence-electron chi connectivity index (χ0n) is 18.2. The summed E-state index contributed by atoms with van der Waals surface area (Å²) >= 11 is 0. The predicted molar refractivity (Wildman–Crippen MR) is 122 cm³/mol. The monoisotopic (exact) mass is 464 g/mol. The van der Waals surface area contributed by atoms with Crippen molar-refractivity contribution in [2.45, 2.75) is 6.04 Å². The fourth-order valence-corrected chi connectivity index (χ4v) is 3.28. The van der Waals surface area contributed by atoms with Gasteiger partial charge in [-0.05, 0) is 36.4 Å². The molecule has 0 aliphatic rings. The van der Waals surface area contributed by atoms with Crippen LogP contribution in [0.4, 0.5) is 10.1 Å². The third kappa shape index (κ3) is 4.41. The summed E-state index contributed by atoms with van der Waals surface area (Å²) < 4.78 is 26.9. The minimum atomic E-state index is -0.968. The molecule has 4 aromatic rings. The van der Waals surface area contributed by atoms with Crippen LogP contribution in [-0.2, 0) is 0 Å². The molecule has 0 spiro atoms. The molecular weight excluding hydrogens is 443 g/mol. The molecule has 12 heteroatoms. The summed E-state index contributed by atoms with van der Waals surface area (Å²) in [7, 11) is 2.79. The van der Waals surface area contributed by atoms with Crippen molar-refractivity contribution in [1.29, 1.82) is 5.41 Å². The molecule has 174 valence electrons. The molecule has 0 aliphatic heterocycles. The molecule has 0 saturated carbocycles. The first-order chi connectivity index (χ1) is 16.4. The summed E-state index contributed by atoms with van der Waals surface area (Å²) in [5.41, 5.74) is 6.12. The van der Waals surface area contributed by atoms with Gasteiger partial charge in [0, 0.05) is 35.3 Å². The maximum atomic E-state index is 15.4. The summed E-state index contributed by atoms with van der Waals surface area (Å²) in [5, 5.41) is 15.0. The smallest absolute Gasteiger partial charge is 0.350 e. The summed E-state index contributed by atoms with van der Waals surface area (Å²) in [4.78, 5) is 23.4. The van der Waals surface area contributed by atoms with Crippen molar-refractivity contribution in [3.05, 3.63) is 88.1 Å². The Kier molecular flexibility index (Phi) is 6.21. The van der Waals surface area contributed by atoms with E-state index in [9.17, 15) is 4.79 Å². The van der Waals surface area contributed by atoms with Crippen LogP contribution in [0.25, 0.3) is 5.95 Å². The highest BCUT2D eigenvalue weighted by Crippen LogP contribution is 2.34. The molecule has 0 aliphatic carbocycles. The van der Waals surface area contributed by atoms with E-state index in [2.05, 4.69) is 25.4 Å². The first kappa shape index (κ1) is 22.5. The number of hydrogen-bond donors (Lipinski definition) is 4. The number of halogens is 1. The van der Waals surface area contributed by atoms with Gasteiger partial charge in [0.1, 0.15) is 17.6 Å². The van der Waals surface area contributed by atoms with Gasteiger partial charge in [0.25, 0.3) is 5.95 Å². The van der Waals surface area contributed by atoms with Crippen LogP contribution in [0, 0.1) is 11.2 Å². The van der Waals surface area contributed by atoms with Crippen LogP contribution in [0.15, 0.2) is 59.7 Å². The molecule has 2 aromatic heterocycles. The second-order valence-corrected chi connectivity index (χ2v) is 7.08. The molecule has 34 heavy (non-hydrogen) atoms. The first-order valence-electron chi connectivity index (χ1n) is 10.00. The zero-order chi connectivity index (χ0) is 24.2. The Hall–Kier alpha value is -4.74. The van der Waals surface area contributed by atoms with Gasteiger partial charge >= 0.3 is 5.69 Å². The fraction of sp³-hybridized carbons (Fsp3) is 0.136. The molecule has 11 nitrogen and oxygen atoms in total. The van der Waals surface area contributed by atoms with Gasteiger partial charge in [0.05, 0.1) is 14.2 Å². The second-order valence-electron chi connectivity index (χ2n) is 7.08. The van der Waals surface area contributed by atoms with Crippen molar-refractivity contribution >= 4 is 11.5 Å². The fourth-order valence-electron chi connectivity index (χ4n) is 3.28. The molecule has 2 aromatic carbocycles. The van der Waals surface area contributed by atoms with E-state index in [0.29, 0.717) is 17.0 Å². The van der Waals surface area contributed by atoms with Crippen LogP contribution in [-0.4, -0.2) is 44.8 Å². The Morgan fingerprint density at radius 1 is 1.18 bits per heavy atom. The highest BCUT2D eigenvalue weighted by Gasteiger charge is 2.26. The molecule has 2 heterocycles. The topological polar surface area (TPSA) is 157 Å². The number of methoxy groups -OCH3 is 2. The number of nitrogens with two attached hydrogens (primary N) is 1. The van der Waals surface area contributed by atoms with E-state index >= 15 is 4.39 Å². The lowest BCUT2D eigenvalue weighted by Crippen LogP contribution is -2.18. The lowest BCUT2D eigenvalue weighted by molar-refractivity contribution is 0.370. The van der Waals surface area contributed by atoms with E-state index in [1.165, 1.54) is 38.7 Å². The minimum absolute atomic E-state index is 0.0405. The Morgan fingerprint density at radius 2 is 1.88 bits per heavy atom. The number of benzene rings is 2. The number of nitrogen functional groups attached to an aromatic ring is 1. The van der Waals surface area contributed by atoms with Crippen LogP contribution in [0.3, 0.4) is 0 Å². The third-order valence-electron chi connectivity index (χ3n) is 4.96. The van der Waals surface area contributed by atoms with Crippen molar-refractivity contribution in [3.63, 3.8) is 0 Å². The molecule has 0 amide bonds. The first-order valence-corrected chi connectivity index (χ1v) is 10.00. The summed E-state index contributed by atoms with van der Waals surface area (Å²) in [6, 6.07) is 10.2. The van der Waals surface area contributed by atoms with E-state index in [0.717, 1.165) is 4.68 Å². The molecule has 1 unspecified atom stereocenters. The van der Waals surface area contributed by atoms with Gasteiger partial charge in [0.2, 0.25) is 0 Å². The van der Waals surface area contributed by atoms with Gasteiger partial charge in [-0.1, -0.05) is 0 Å². The maximum absolute atomic E-state index is 15.4. The van der Waals surface area contributed by atoms with Gasteiger partial charge < -0.3 is 20.5 Å². The Labute approximate surface area is 192 Å². The number of ether oxygens (including phenoxy) is 2. The molecule has 0 bridgehead atoms. The highest BCUT2D eigenvalue weighted by molar-refractivity contribution is 5.95. The Balaban J connectivity index is 1.84. The summed E-state index contributed by atoms with van der Waals surface area (Å²) in [6.45, 7) is 0. The van der Waals surface area contributed by atoms with Crippen molar-refractivity contribution in [2.75, 3.05) is 19.5 Å². The number of hydrogen-bond acceptors (Lipinski definition) is 8. The molecule has 4 rings (SSSR count). The Morgan fingerprint density at radius 3 is 2.50 bits per heavy atom. The molecular formula is C22H21FN8O3. The normalized spacial score (nSPS) is 11.6. The van der Waals surface area contributed by atoms with Gasteiger partial charge in [-0.25, -0.2) is 19.2 Å². The van der Waals surface area contributed by atoms with E-state index in [4.69, 9.17) is 20.6 Å². The standard InChI is InChI=1S/C22H21FN8O3/c1-33-14-10-15(17(23)16(11-14)34-2)18(28-13-6-4-12(5-7-13)19(24)25)20-29-22(32)31(30-20)21-26-8-3-9-27-21/h3-11,18,28H,1-2H3,(H3,24,25)(H,29,30,32). The van der Waals surface area contributed by atoms with E-state index in [-0.39, 0.29) is 28.9 Å². The number of aromatic nitrogens is 5. The van der Waals surface area contributed by atoms with Gasteiger partial charge in [0.15, 0.2) is 17.4 Å². The SMILES string of the molecule is COc1cc(OC)c(F)c(C(Nc2ccc(C(=N)N)cc2)c2nn(-c3ncccn3)c(=O)[nH]2)c1. The van der Waals surface area contributed by atoms with Crippen molar-refractivity contribution in [2.24, 2.45) is 5.73 Å². The van der Waals surface area contributed by atoms with Crippen molar-refractivity contribution in [1.82, 2.24) is 24.7 Å². The zero-order valence-corrected chi connectivity index (χ0v) is 18.2. The molecule has 5 N–H and O–H groups in total. The number of anilines is 1. The quantitative estimate of drug-likeness (QED) is 0.228. The van der Waals surface area contributed by atoms with Gasteiger partial charge in [-0.15, -0.1) is 9.78 Å². The van der Waals surface area contributed by atoms with Crippen molar-refractivity contribution in [3.8, 4) is 17.4 Å². The molecule has 0 saturated heterocycles. The highest BCUT2D eigenvalue weighted by atomic mass is 19.1. The van der Waals surface area contributed by atoms with Crippen LogP contribution in [0.5, 0.6) is 11.5 Å². The van der Waals surface area contributed by atoms with E-state index < -0.39 is 17.5 Å². The molecule has 0 radical (unpaired) electrons. The van der Waals surface area contributed by atoms with E-state index in [1.807, 2.05) is 0 Å². The summed E-state index contributed by atoms with van der Waals surface area (Å²) in [6.07, 6.45) is 2.95. The number of rotatable bonds is 8. The van der Waals surface area contributed by atoms with Crippen LogP contribution in [0.1, 0.15) is 23.0 Å². The van der Waals surface area contributed by atoms with Gasteiger partial charge in [-0.3, -0.25) is 10.4 Å². The molecule has 0 fully saturated rings. The largest absolute Gasteiger partial charge is 0.497 e. The number of nitrogens with one attached hydrogen (secondary N) is 3. The molecule has 1 atom stereocenters. The van der Waals surface area contributed by atoms with Crippen molar-refractivity contribution < 1.29 is 13.9 Å². The van der Waals surface area contributed by atoms with Crippen LogP contribution in [0.2, 0.25) is 0 Å². The van der Waals surface area contributed by atoms with Crippen LogP contribution < -0.4 is 26.2 Å². The van der Waals surface area contributed by atoms with E-state index in [1.54, 1.807) is 30.3 Å². The van der Waals surface area contributed by atoms with Crippen LogP contribution >= 0.6 is 0 Å². The average molecular weight is 464 g/mol.